The van der Waals surface area contributed by atoms with Crippen LogP contribution in [0.3, 0.4) is 0 Å². The summed E-state index contributed by atoms with van der Waals surface area (Å²) in [5.41, 5.74) is 1.98. The molecule has 35 heavy (non-hydrogen) atoms. The SMILES string of the molecule is C[C@@H](CN1CCOCC1)C(C(=O)Nc1cccc2ccccc12)(c1ccccc1)c1ccccc1. The van der Waals surface area contributed by atoms with Crippen molar-refractivity contribution in [3.8, 4) is 0 Å². The van der Waals surface area contributed by atoms with E-state index >= 15 is 0 Å². The van der Waals surface area contributed by atoms with Crippen molar-refractivity contribution in [3.63, 3.8) is 0 Å². The molecule has 1 aliphatic heterocycles. The van der Waals surface area contributed by atoms with Gasteiger partial charge in [-0.3, -0.25) is 9.69 Å². The Labute approximate surface area is 207 Å². The maximum absolute atomic E-state index is 14.6. The van der Waals surface area contributed by atoms with Crippen LogP contribution in [0.1, 0.15) is 18.1 Å². The van der Waals surface area contributed by atoms with Gasteiger partial charge in [0.05, 0.1) is 13.2 Å². The number of rotatable bonds is 7. The minimum atomic E-state index is -0.863. The number of ether oxygens (including phenoxy) is 1. The van der Waals surface area contributed by atoms with Crippen LogP contribution in [0.15, 0.2) is 103 Å². The third-order valence-corrected chi connectivity index (χ3v) is 7.23. The van der Waals surface area contributed by atoms with E-state index in [-0.39, 0.29) is 11.8 Å². The summed E-state index contributed by atoms with van der Waals surface area (Å²) in [5.74, 6) is 0.00684. The van der Waals surface area contributed by atoms with Crippen LogP contribution in [0.5, 0.6) is 0 Å². The molecule has 1 N–H and O–H groups in total. The van der Waals surface area contributed by atoms with Gasteiger partial charge in [0.1, 0.15) is 5.41 Å². The van der Waals surface area contributed by atoms with Crippen LogP contribution in [0.2, 0.25) is 0 Å². The topological polar surface area (TPSA) is 41.6 Å². The Morgan fingerprint density at radius 1 is 0.829 bits per heavy atom. The zero-order valence-electron chi connectivity index (χ0n) is 20.2. The molecule has 0 unspecified atom stereocenters. The molecule has 1 aliphatic rings. The van der Waals surface area contributed by atoms with Gasteiger partial charge in [-0.15, -0.1) is 0 Å². The molecule has 1 heterocycles. The van der Waals surface area contributed by atoms with E-state index in [1.54, 1.807) is 0 Å². The summed E-state index contributed by atoms with van der Waals surface area (Å²) in [4.78, 5) is 17.0. The van der Waals surface area contributed by atoms with Crippen molar-refractivity contribution in [3.05, 3.63) is 114 Å². The number of morpholine rings is 1. The third kappa shape index (κ3) is 4.60. The number of hydrogen-bond donors (Lipinski definition) is 1. The van der Waals surface area contributed by atoms with E-state index in [0.29, 0.717) is 0 Å². The smallest absolute Gasteiger partial charge is 0.239 e. The summed E-state index contributed by atoms with van der Waals surface area (Å²) in [7, 11) is 0. The summed E-state index contributed by atoms with van der Waals surface area (Å²) < 4.78 is 5.58. The monoisotopic (exact) mass is 464 g/mol. The number of nitrogens with one attached hydrogen (secondary N) is 1. The number of benzene rings is 4. The third-order valence-electron chi connectivity index (χ3n) is 7.23. The number of amides is 1. The normalized spacial score (nSPS) is 15.6. The lowest BCUT2D eigenvalue weighted by molar-refractivity contribution is -0.122. The molecule has 0 aliphatic carbocycles. The predicted molar refractivity (Wildman–Crippen MR) is 143 cm³/mol. The number of anilines is 1. The van der Waals surface area contributed by atoms with Gasteiger partial charge in [-0.25, -0.2) is 0 Å². The molecule has 0 aromatic heterocycles. The van der Waals surface area contributed by atoms with Crippen LogP contribution in [0.25, 0.3) is 10.8 Å². The molecule has 0 saturated carbocycles. The standard InChI is InChI=1S/C31H32N2O2/c1-24(23-33-19-21-35-22-20-33)31(26-13-4-2-5-14-26,27-15-6-3-7-16-27)30(34)32-29-18-10-12-25-11-8-9-17-28(25)29/h2-18,24H,19-23H2,1H3,(H,32,34)/t24-/m0/s1. The van der Waals surface area contributed by atoms with E-state index in [2.05, 4.69) is 59.6 Å². The first-order valence-corrected chi connectivity index (χ1v) is 12.4. The van der Waals surface area contributed by atoms with Crippen molar-refractivity contribution in [2.75, 3.05) is 38.2 Å². The number of nitrogens with zero attached hydrogens (tertiary/aromatic N) is 1. The molecular formula is C31H32N2O2. The second-order valence-corrected chi connectivity index (χ2v) is 9.33. The molecule has 5 rings (SSSR count). The van der Waals surface area contributed by atoms with Crippen LogP contribution < -0.4 is 5.32 Å². The Balaban J connectivity index is 1.63. The van der Waals surface area contributed by atoms with E-state index in [0.717, 1.165) is 60.4 Å². The Morgan fingerprint density at radius 3 is 2.06 bits per heavy atom. The van der Waals surface area contributed by atoms with E-state index in [4.69, 9.17) is 4.74 Å². The van der Waals surface area contributed by atoms with Gasteiger partial charge >= 0.3 is 0 Å². The van der Waals surface area contributed by atoms with Gasteiger partial charge in [-0.1, -0.05) is 104 Å². The molecule has 0 spiro atoms. The Morgan fingerprint density at radius 2 is 1.40 bits per heavy atom. The summed E-state index contributed by atoms with van der Waals surface area (Å²) in [6.45, 7) is 6.25. The molecule has 0 radical (unpaired) electrons. The number of hydrogen-bond acceptors (Lipinski definition) is 3. The lowest BCUT2D eigenvalue weighted by atomic mass is 9.65. The highest BCUT2D eigenvalue weighted by atomic mass is 16.5. The molecule has 1 saturated heterocycles. The molecule has 0 bridgehead atoms. The van der Waals surface area contributed by atoms with E-state index in [1.165, 1.54) is 0 Å². The molecular weight excluding hydrogens is 432 g/mol. The van der Waals surface area contributed by atoms with Crippen molar-refractivity contribution in [1.82, 2.24) is 4.90 Å². The average molecular weight is 465 g/mol. The highest BCUT2D eigenvalue weighted by Crippen LogP contribution is 2.41. The maximum atomic E-state index is 14.6. The fourth-order valence-corrected chi connectivity index (χ4v) is 5.49. The first-order valence-electron chi connectivity index (χ1n) is 12.4. The fraction of sp³-hybridized carbons (Fsp3) is 0.258. The largest absolute Gasteiger partial charge is 0.379 e. The Hall–Kier alpha value is -3.47. The van der Waals surface area contributed by atoms with Crippen molar-refractivity contribution >= 4 is 22.4 Å². The molecule has 1 atom stereocenters. The van der Waals surface area contributed by atoms with Gasteiger partial charge in [0.15, 0.2) is 0 Å². The zero-order chi connectivity index (χ0) is 24.1. The highest BCUT2D eigenvalue weighted by Gasteiger charge is 2.47. The Kier molecular flexibility index (Phi) is 6.94. The molecule has 1 fully saturated rings. The molecule has 4 aromatic rings. The number of fused-ring (bicyclic) bond motifs is 1. The lowest BCUT2D eigenvalue weighted by Gasteiger charge is -2.41. The molecule has 4 heteroatoms. The minimum Gasteiger partial charge on any atom is -0.379 e. The van der Waals surface area contributed by atoms with Crippen molar-refractivity contribution < 1.29 is 9.53 Å². The van der Waals surface area contributed by atoms with E-state index in [1.807, 2.05) is 60.7 Å². The summed E-state index contributed by atoms with van der Waals surface area (Å²) in [5, 5.41) is 5.51. The van der Waals surface area contributed by atoms with Crippen LogP contribution in [0, 0.1) is 5.92 Å². The van der Waals surface area contributed by atoms with Crippen molar-refractivity contribution in [1.29, 1.82) is 0 Å². The van der Waals surface area contributed by atoms with Crippen molar-refractivity contribution in [2.24, 2.45) is 5.92 Å². The van der Waals surface area contributed by atoms with Crippen LogP contribution >= 0.6 is 0 Å². The molecule has 178 valence electrons. The van der Waals surface area contributed by atoms with Crippen LogP contribution in [-0.2, 0) is 14.9 Å². The first-order chi connectivity index (χ1) is 17.2. The molecule has 4 aromatic carbocycles. The minimum absolute atomic E-state index is 0.00740. The van der Waals surface area contributed by atoms with Gasteiger partial charge in [0.2, 0.25) is 5.91 Å². The van der Waals surface area contributed by atoms with Crippen molar-refractivity contribution in [2.45, 2.75) is 12.3 Å². The molecule has 4 nitrogen and oxygen atoms in total. The molecule has 1 amide bonds. The van der Waals surface area contributed by atoms with Gasteiger partial charge in [-0.05, 0) is 28.5 Å². The summed E-state index contributed by atoms with van der Waals surface area (Å²) >= 11 is 0. The number of carbonyl (C=O) groups excluding carboxylic acids is 1. The lowest BCUT2D eigenvalue weighted by Crippen LogP contribution is -2.51. The van der Waals surface area contributed by atoms with Crippen LogP contribution in [-0.4, -0.2) is 43.7 Å². The first kappa shape index (κ1) is 23.3. The van der Waals surface area contributed by atoms with E-state index < -0.39 is 5.41 Å². The average Bonchev–Trinajstić information content (AvgIpc) is 2.91. The Bertz CT molecular complexity index is 1220. The fourth-order valence-electron chi connectivity index (χ4n) is 5.49. The van der Waals surface area contributed by atoms with E-state index in [9.17, 15) is 4.79 Å². The van der Waals surface area contributed by atoms with Crippen LogP contribution in [0.4, 0.5) is 5.69 Å². The van der Waals surface area contributed by atoms with Gasteiger partial charge < -0.3 is 10.1 Å². The second kappa shape index (κ2) is 10.4. The highest BCUT2D eigenvalue weighted by molar-refractivity contribution is 6.07. The van der Waals surface area contributed by atoms with Gasteiger partial charge in [-0.2, -0.15) is 0 Å². The zero-order valence-corrected chi connectivity index (χ0v) is 20.2. The van der Waals surface area contributed by atoms with Gasteiger partial charge in [0.25, 0.3) is 0 Å². The maximum Gasteiger partial charge on any atom is 0.239 e. The van der Waals surface area contributed by atoms with Gasteiger partial charge in [0, 0.05) is 30.7 Å². The summed E-state index contributed by atoms with van der Waals surface area (Å²) in [6, 6.07) is 34.7. The summed E-state index contributed by atoms with van der Waals surface area (Å²) in [6.07, 6.45) is 0. The number of carbonyl (C=O) groups is 1. The second-order valence-electron chi connectivity index (χ2n) is 9.33. The predicted octanol–water partition coefficient (Wildman–Crippen LogP) is 5.73. The quantitative estimate of drug-likeness (QED) is 0.380.